The summed E-state index contributed by atoms with van der Waals surface area (Å²) in [6, 6.07) is 6.24. The average Bonchev–Trinajstić information content (AvgIpc) is 2.28. The van der Waals surface area contributed by atoms with Crippen molar-refractivity contribution in [3.05, 3.63) is 29.3 Å². The van der Waals surface area contributed by atoms with E-state index in [2.05, 4.69) is 56.1 Å². The summed E-state index contributed by atoms with van der Waals surface area (Å²) in [4.78, 5) is 4.41. The van der Waals surface area contributed by atoms with Crippen molar-refractivity contribution in [2.75, 3.05) is 39.1 Å². The largest absolute Gasteiger partial charge is 0.392 e. The lowest BCUT2D eigenvalue weighted by Crippen LogP contribution is -2.24. The summed E-state index contributed by atoms with van der Waals surface area (Å²) in [7, 11) is 6.26. The number of benzene rings is 1. The Morgan fingerprint density at radius 1 is 1.12 bits per heavy atom. The number of hydrogen-bond acceptors (Lipinski definition) is 3. The predicted octanol–water partition coefficient (Wildman–Crippen LogP) is 1.88. The number of rotatable bonds is 6. The van der Waals surface area contributed by atoms with Gasteiger partial charge in [0.2, 0.25) is 0 Å². The van der Waals surface area contributed by atoms with E-state index in [4.69, 9.17) is 0 Å². The molecule has 0 heterocycles. The Morgan fingerprint density at radius 3 is 2.41 bits per heavy atom. The molecule has 0 aliphatic rings. The molecule has 0 unspecified atom stereocenters. The second kappa shape index (κ2) is 6.62. The van der Waals surface area contributed by atoms with Crippen LogP contribution in [-0.4, -0.2) is 44.2 Å². The molecule has 1 rings (SSSR count). The van der Waals surface area contributed by atoms with E-state index >= 15 is 0 Å². The molecule has 0 aliphatic carbocycles. The molecule has 1 aromatic rings. The Labute approximate surface area is 105 Å². The van der Waals surface area contributed by atoms with Gasteiger partial charge in [-0.2, -0.15) is 0 Å². The molecular formula is C14H24N2O. The van der Waals surface area contributed by atoms with Gasteiger partial charge in [-0.1, -0.05) is 17.7 Å². The minimum Gasteiger partial charge on any atom is -0.392 e. The van der Waals surface area contributed by atoms with Gasteiger partial charge in [-0.3, -0.25) is 0 Å². The van der Waals surface area contributed by atoms with Gasteiger partial charge in [-0.15, -0.1) is 0 Å². The van der Waals surface area contributed by atoms with Crippen molar-refractivity contribution in [2.45, 2.75) is 20.0 Å². The van der Waals surface area contributed by atoms with Crippen LogP contribution in [0.25, 0.3) is 0 Å². The van der Waals surface area contributed by atoms with Crippen LogP contribution >= 0.6 is 0 Å². The Kier molecular flexibility index (Phi) is 5.45. The molecule has 1 N–H and O–H groups in total. The number of aryl methyl sites for hydroxylation is 1. The fourth-order valence-electron chi connectivity index (χ4n) is 1.96. The van der Waals surface area contributed by atoms with Crippen LogP contribution in [0.4, 0.5) is 5.69 Å². The highest BCUT2D eigenvalue weighted by atomic mass is 16.3. The standard InChI is InChI=1S/C14H24N2O/c1-12-6-7-14(13(10-12)11-17)16(4)9-5-8-15(2)3/h6-7,10,17H,5,8-9,11H2,1-4H3. The molecule has 1 aromatic carbocycles. The quantitative estimate of drug-likeness (QED) is 0.817. The predicted molar refractivity (Wildman–Crippen MR) is 73.5 cm³/mol. The monoisotopic (exact) mass is 236 g/mol. The van der Waals surface area contributed by atoms with E-state index in [1.54, 1.807) is 0 Å². The summed E-state index contributed by atoms with van der Waals surface area (Å²) < 4.78 is 0. The van der Waals surface area contributed by atoms with E-state index in [1.807, 2.05) is 0 Å². The highest BCUT2D eigenvalue weighted by Crippen LogP contribution is 2.21. The Balaban J connectivity index is 2.64. The van der Waals surface area contributed by atoms with Crippen LogP contribution < -0.4 is 4.90 Å². The fourth-order valence-corrected chi connectivity index (χ4v) is 1.96. The zero-order valence-electron chi connectivity index (χ0n) is 11.4. The summed E-state index contributed by atoms with van der Waals surface area (Å²) in [6.07, 6.45) is 1.13. The molecule has 0 amide bonds. The van der Waals surface area contributed by atoms with Crippen LogP contribution in [0.2, 0.25) is 0 Å². The van der Waals surface area contributed by atoms with Crippen molar-refractivity contribution in [2.24, 2.45) is 0 Å². The first-order valence-electron chi connectivity index (χ1n) is 6.11. The number of anilines is 1. The van der Waals surface area contributed by atoms with Crippen LogP contribution in [0.5, 0.6) is 0 Å². The van der Waals surface area contributed by atoms with E-state index in [0.29, 0.717) is 0 Å². The molecule has 0 radical (unpaired) electrons. The topological polar surface area (TPSA) is 26.7 Å². The molecule has 0 bridgehead atoms. The highest BCUT2D eigenvalue weighted by molar-refractivity contribution is 5.54. The third-order valence-electron chi connectivity index (χ3n) is 2.92. The average molecular weight is 236 g/mol. The lowest BCUT2D eigenvalue weighted by Gasteiger charge is -2.23. The van der Waals surface area contributed by atoms with Crippen molar-refractivity contribution in [3.63, 3.8) is 0 Å². The Bertz CT molecular complexity index is 350. The first-order chi connectivity index (χ1) is 8.04. The van der Waals surface area contributed by atoms with Crippen LogP contribution in [0.3, 0.4) is 0 Å². The molecule has 0 saturated carbocycles. The molecular weight excluding hydrogens is 212 g/mol. The van der Waals surface area contributed by atoms with Gasteiger partial charge in [0.1, 0.15) is 0 Å². The SMILES string of the molecule is Cc1ccc(N(C)CCCN(C)C)c(CO)c1. The maximum absolute atomic E-state index is 9.37. The zero-order valence-corrected chi connectivity index (χ0v) is 11.4. The third-order valence-corrected chi connectivity index (χ3v) is 2.92. The van der Waals surface area contributed by atoms with Crippen LogP contribution in [0.15, 0.2) is 18.2 Å². The van der Waals surface area contributed by atoms with Crippen molar-refractivity contribution in [3.8, 4) is 0 Å². The molecule has 96 valence electrons. The van der Waals surface area contributed by atoms with Crippen LogP contribution in [0, 0.1) is 6.92 Å². The van der Waals surface area contributed by atoms with Gasteiger partial charge in [0.25, 0.3) is 0 Å². The lowest BCUT2D eigenvalue weighted by atomic mass is 10.1. The summed E-state index contributed by atoms with van der Waals surface area (Å²) in [5.41, 5.74) is 3.34. The Morgan fingerprint density at radius 2 is 1.82 bits per heavy atom. The minimum absolute atomic E-state index is 0.106. The van der Waals surface area contributed by atoms with E-state index in [-0.39, 0.29) is 6.61 Å². The normalized spacial score (nSPS) is 10.9. The molecule has 0 fully saturated rings. The maximum Gasteiger partial charge on any atom is 0.0702 e. The van der Waals surface area contributed by atoms with Gasteiger partial charge in [0.15, 0.2) is 0 Å². The first-order valence-corrected chi connectivity index (χ1v) is 6.11. The molecule has 17 heavy (non-hydrogen) atoms. The smallest absolute Gasteiger partial charge is 0.0702 e. The summed E-state index contributed by atoms with van der Waals surface area (Å²) in [5.74, 6) is 0. The molecule has 0 aliphatic heterocycles. The second-order valence-electron chi connectivity index (χ2n) is 4.87. The Hall–Kier alpha value is -1.06. The maximum atomic E-state index is 9.37. The highest BCUT2D eigenvalue weighted by Gasteiger charge is 2.06. The first kappa shape index (κ1) is 14.0. The van der Waals surface area contributed by atoms with E-state index < -0.39 is 0 Å². The van der Waals surface area contributed by atoms with Crippen LogP contribution in [-0.2, 0) is 6.61 Å². The number of aliphatic hydroxyl groups excluding tert-OH is 1. The molecule has 0 spiro atoms. The number of nitrogens with zero attached hydrogens (tertiary/aromatic N) is 2. The molecule has 3 heteroatoms. The van der Waals surface area contributed by atoms with Crippen molar-refractivity contribution >= 4 is 5.69 Å². The van der Waals surface area contributed by atoms with Gasteiger partial charge in [-0.05, 0) is 40.1 Å². The van der Waals surface area contributed by atoms with E-state index in [1.165, 1.54) is 5.56 Å². The van der Waals surface area contributed by atoms with E-state index in [0.717, 1.165) is 30.8 Å². The molecule has 3 nitrogen and oxygen atoms in total. The number of aliphatic hydroxyl groups is 1. The fraction of sp³-hybridized carbons (Fsp3) is 0.571. The van der Waals surface area contributed by atoms with Gasteiger partial charge >= 0.3 is 0 Å². The molecule has 0 saturated heterocycles. The van der Waals surface area contributed by atoms with Gasteiger partial charge < -0.3 is 14.9 Å². The second-order valence-corrected chi connectivity index (χ2v) is 4.87. The van der Waals surface area contributed by atoms with Gasteiger partial charge in [0, 0.05) is 24.8 Å². The lowest BCUT2D eigenvalue weighted by molar-refractivity contribution is 0.282. The number of hydrogen-bond donors (Lipinski definition) is 1. The minimum atomic E-state index is 0.106. The molecule has 0 atom stereocenters. The van der Waals surface area contributed by atoms with Crippen LogP contribution in [0.1, 0.15) is 17.5 Å². The van der Waals surface area contributed by atoms with Gasteiger partial charge in [-0.25, -0.2) is 0 Å². The zero-order chi connectivity index (χ0) is 12.8. The summed E-state index contributed by atoms with van der Waals surface area (Å²) in [6.45, 7) is 4.25. The summed E-state index contributed by atoms with van der Waals surface area (Å²) in [5, 5.41) is 9.37. The van der Waals surface area contributed by atoms with E-state index in [9.17, 15) is 5.11 Å². The third kappa shape index (κ3) is 4.36. The van der Waals surface area contributed by atoms with Crippen molar-refractivity contribution < 1.29 is 5.11 Å². The van der Waals surface area contributed by atoms with Gasteiger partial charge in [0.05, 0.1) is 6.61 Å². The van der Waals surface area contributed by atoms with Crippen molar-refractivity contribution in [1.82, 2.24) is 4.90 Å². The summed E-state index contributed by atoms with van der Waals surface area (Å²) >= 11 is 0. The van der Waals surface area contributed by atoms with Crippen molar-refractivity contribution in [1.29, 1.82) is 0 Å². The molecule has 0 aromatic heterocycles.